The minimum absolute atomic E-state index is 0.109. The van der Waals surface area contributed by atoms with Crippen LogP contribution in [0.2, 0.25) is 0 Å². The summed E-state index contributed by atoms with van der Waals surface area (Å²) in [4.78, 5) is 14.1. The maximum absolute atomic E-state index is 12.8. The molecule has 0 fully saturated rings. The van der Waals surface area contributed by atoms with Gasteiger partial charge in [0, 0.05) is 13.1 Å². The number of hydrogen-bond acceptors (Lipinski definition) is 3. The van der Waals surface area contributed by atoms with E-state index < -0.39 is 11.8 Å². The fourth-order valence-corrected chi connectivity index (χ4v) is 0.695. The van der Waals surface area contributed by atoms with Crippen molar-refractivity contribution in [1.82, 2.24) is 4.98 Å². The smallest absolute Gasteiger partial charge is 0.303 e. The summed E-state index contributed by atoms with van der Waals surface area (Å²) >= 11 is 0. The molecular weight excluding hydrogens is 161 g/mol. The molecule has 4 heteroatoms. The number of halogens is 1. The Morgan fingerprint density at radius 1 is 1.75 bits per heavy atom. The van der Waals surface area contributed by atoms with Crippen LogP contribution in [-0.4, -0.2) is 11.0 Å². The lowest BCUT2D eigenvalue weighted by molar-refractivity contribution is -0.142. The number of aromatic nitrogens is 1. The molecular formula is C8H8FNO2. The summed E-state index contributed by atoms with van der Waals surface area (Å²) in [6.45, 7) is 1.16. The second-order valence-corrected chi connectivity index (χ2v) is 2.21. The number of carbonyl (C=O) groups is 1. The third-order valence-electron chi connectivity index (χ3n) is 1.25. The van der Waals surface area contributed by atoms with Crippen molar-refractivity contribution in [2.45, 2.75) is 13.5 Å². The van der Waals surface area contributed by atoms with E-state index in [0.717, 1.165) is 0 Å². The third kappa shape index (κ3) is 2.30. The van der Waals surface area contributed by atoms with E-state index in [0.29, 0.717) is 0 Å². The first-order chi connectivity index (χ1) is 5.70. The zero-order chi connectivity index (χ0) is 8.97. The zero-order valence-electron chi connectivity index (χ0n) is 6.58. The molecule has 0 bridgehead atoms. The van der Waals surface area contributed by atoms with Crippen LogP contribution in [0.1, 0.15) is 12.6 Å². The summed E-state index contributed by atoms with van der Waals surface area (Å²) in [5.74, 6) is -0.904. The van der Waals surface area contributed by atoms with E-state index in [4.69, 9.17) is 0 Å². The summed E-state index contributed by atoms with van der Waals surface area (Å²) in [6, 6.07) is 2.75. The number of rotatable bonds is 2. The Morgan fingerprint density at radius 2 is 2.50 bits per heavy atom. The van der Waals surface area contributed by atoms with Crippen molar-refractivity contribution in [3.8, 4) is 0 Å². The van der Waals surface area contributed by atoms with Gasteiger partial charge in [-0.1, -0.05) is 0 Å². The lowest BCUT2D eigenvalue weighted by Crippen LogP contribution is -2.02. The monoisotopic (exact) mass is 169 g/mol. The number of pyridine rings is 1. The van der Waals surface area contributed by atoms with E-state index in [-0.39, 0.29) is 12.3 Å². The first-order valence-electron chi connectivity index (χ1n) is 3.43. The van der Waals surface area contributed by atoms with Gasteiger partial charge in [0.05, 0.1) is 0 Å². The normalized spacial score (nSPS) is 9.50. The van der Waals surface area contributed by atoms with Gasteiger partial charge in [0.15, 0.2) is 0 Å². The number of esters is 1. The maximum atomic E-state index is 12.8. The molecule has 0 aromatic carbocycles. The quantitative estimate of drug-likeness (QED) is 0.626. The molecule has 0 aliphatic heterocycles. The van der Waals surface area contributed by atoms with Gasteiger partial charge in [0.25, 0.3) is 0 Å². The van der Waals surface area contributed by atoms with Crippen LogP contribution in [0.15, 0.2) is 18.3 Å². The Kier molecular flexibility index (Phi) is 2.74. The van der Waals surface area contributed by atoms with Crippen molar-refractivity contribution in [3.05, 3.63) is 29.8 Å². The van der Waals surface area contributed by atoms with E-state index >= 15 is 0 Å². The van der Waals surface area contributed by atoms with Gasteiger partial charge in [0.1, 0.15) is 18.1 Å². The van der Waals surface area contributed by atoms with Crippen LogP contribution in [0.25, 0.3) is 0 Å². The molecule has 0 aliphatic rings. The van der Waals surface area contributed by atoms with E-state index in [1.807, 2.05) is 0 Å². The summed E-state index contributed by atoms with van der Waals surface area (Å²) in [7, 11) is 0. The van der Waals surface area contributed by atoms with Crippen molar-refractivity contribution in [2.75, 3.05) is 0 Å². The molecule has 0 saturated carbocycles. The molecule has 0 N–H and O–H groups in total. The summed E-state index contributed by atoms with van der Waals surface area (Å²) in [6.07, 6.45) is 1.45. The minimum atomic E-state index is -0.459. The molecule has 0 spiro atoms. The highest BCUT2D eigenvalue weighted by Gasteiger charge is 2.02. The lowest BCUT2D eigenvalue weighted by atomic mass is 10.3. The molecule has 12 heavy (non-hydrogen) atoms. The average molecular weight is 169 g/mol. The predicted octanol–water partition coefficient (Wildman–Crippen LogP) is 1.28. The summed E-state index contributed by atoms with van der Waals surface area (Å²) in [5.41, 5.74) is 0.146. The van der Waals surface area contributed by atoms with Gasteiger partial charge in [-0.05, 0) is 12.1 Å². The number of nitrogens with zero attached hydrogens (tertiary/aromatic N) is 1. The van der Waals surface area contributed by atoms with Crippen LogP contribution in [-0.2, 0) is 16.1 Å². The Morgan fingerprint density at radius 3 is 3.08 bits per heavy atom. The molecule has 0 unspecified atom stereocenters. The SMILES string of the molecule is CC(=O)OCc1ncccc1F. The van der Waals surface area contributed by atoms with E-state index in [1.165, 1.54) is 25.3 Å². The van der Waals surface area contributed by atoms with Gasteiger partial charge in [-0.15, -0.1) is 0 Å². The molecule has 1 aromatic heterocycles. The molecule has 1 aromatic rings. The van der Waals surface area contributed by atoms with Crippen molar-refractivity contribution in [3.63, 3.8) is 0 Å². The first kappa shape index (κ1) is 8.64. The van der Waals surface area contributed by atoms with E-state index in [1.54, 1.807) is 0 Å². The predicted molar refractivity (Wildman–Crippen MR) is 39.7 cm³/mol. The fourth-order valence-electron chi connectivity index (χ4n) is 0.695. The van der Waals surface area contributed by atoms with Gasteiger partial charge >= 0.3 is 5.97 Å². The topological polar surface area (TPSA) is 39.2 Å². The van der Waals surface area contributed by atoms with E-state index in [2.05, 4.69) is 9.72 Å². The van der Waals surface area contributed by atoms with Crippen LogP contribution in [0, 0.1) is 5.82 Å². The van der Waals surface area contributed by atoms with Gasteiger partial charge < -0.3 is 4.74 Å². The zero-order valence-corrected chi connectivity index (χ0v) is 6.58. The number of ether oxygens (including phenoxy) is 1. The van der Waals surface area contributed by atoms with Crippen LogP contribution in [0.5, 0.6) is 0 Å². The highest BCUT2D eigenvalue weighted by molar-refractivity contribution is 5.65. The highest BCUT2D eigenvalue weighted by Crippen LogP contribution is 2.03. The second kappa shape index (κ2) is 3.80. The first-order valence-corrected chi connectivity index (χ1v) is 3.43. The van der Waals surface area contributed by atoms with Crippen LogP contribution in [0.3, 0.4) is 0 Å². The molecule has 0 aliphatic carbocycles. The van der Waals surface area contributed by atoms with Gasteiger partial charge in [-0.2, -0.15) is 0 Å². The van der Waals surface area contributed by atoms with E-state index in [9.17, 15) is 9.18 Å². The fraction of sp³-hybridized carbons (Fsp3) is 0.250. The number of hydrogen-bond donors (Lipinski definition) is 0. The third-order valence-corrected chi connectivity index (χ3v) is 1.25. The molecule has 3 nitrogen and oxygen atoms in total. The number of carbonyl (C=O) groups excluding carboxylic acids is 1. The van der Waals surface area contributed by atoms with Crippen LogP contribution in [0.4, 0.5) is 4.39 Å². The van der Waals surface area contributed by atoms with Crippen molar-refractivity contribution < 1.29 is 13.9 Å². The van der Waals surface area contributed by atoms with Crippen LogP contribution >= 0.6 is 0 Å². The highest BCUT2D eigenvalue weighted by atomic mass is 19.1. The standard InChI is InChI=1S/C8H8FNO2/c1-6(11)12-5-8-7(9)3-2-4-10-8/h2-4H,5H2,1H3. The Balaban J connectivity index is 2.63. The van der Waals surface area contributed by atoms with Gasteiger partial charge in [-0.3, -0.25) is 9.78 Å². The minimum Gasteiger partial charge on any atom is -0.459 e. The van der Waals surface area contributed by atoms with Crippen molar-refractivity contribution in [1.29, 1.82) is 0 Å². The van der Waals surface area contributed by atoms with Gasteiger partial charge in [0.2, 0.25) is 0 Å². The second-order valence-electron chi connectivity index (χ2n) is 2.21. The van der Waals surface area contributed by atoms with Crippen LogP contribution < -0.4 is 0 Å². The average Bonchev–Trinajstić information content (AvgIpc) is 2.03. The molecule has 0 atom stereocenters. The summed E-state index contributed by atoms with van der Waals surface area (Å²) in [5, 5.41) is 0. The molecule has 0 radical (unpaired) electrons. The largest absolute Gasteiger partial charge is 0.459 e. The Bertz CT molecular complexity index is 288. The Labute approximate surface area is 69.2 Å². The lowest BCUT2D eigenvalue weighted by Gasteiger charge is -2.00. The molecule has 1 rings (SSSR count). The van der Waals surface area contributed by atoms with Crippen molar-refractivity contribution >= 4 is 5.97 Å². The maximum Gasteiger partial charge on any atom is 0.303 e. The van der Waals surface area contributed by atoms with Gasteiger partial charge in [-0.25, -0.2) is 4.39 Å². The molecule has 0 amide bonds. The summed E-state index contributed by atoms with van der Waals surface area (Å²) < 4.78 is 17.4. The van der Waals surface area contributed by atoms with Crippen molar-refractivity contribution in [2.24, 2.45) is 0 Å². The Hall–Kier alpha value is -1.45. The molecule has 0 saturated heterocycles. The molecule has 64 valence electrons. The molecule has 1 heterocycles.